The molecule has 6 heteroatoms. The van der Waals surface area contributed by atoms with Gasteiger partial charge in [0, 0.05) is 19.4 Å². The molecule has 3 rings (SSSR count). The van der Waals surface area contributed by atoms with Crippen molar-refractivity contribution < 1.29 is 14.3 Å². The SMILES string of the molecule is CC(NC(=O)C1OCC(=O)N(C)C1c1ccccc1)c1ccncc1. The van der Waals surface area contributed by atoms with Crippen molar-refractivity contribution >= 4 is 11.8 Å². The zero-order valence-corrected chi connectivity index (χ0v) is 14.3. The molecular weight excluding hydrogens is 318 g/mol. The van der Waals surface area contributed by atoms with Crippen molar-refractivity contribution in [1.82, 2.24) is 15.2 Å². The lowest BCUT2D eigenvalue weighted by atomic mass is 9.97. The van der Waals surface area contributed by atoms with Crippen LogP contribution in [-0.4, -0.2) is 41.5 Å². The average molecular weight is 339 g/mol. The number of nitrogens with zero attached hydrogens (tertiary/aromatic N) is 2. The van der Waals surface area contributed by atoms with Gasteiger partial charge in [-0.15, -0.1) is 0 Å². The van der Waals surface area contributed by atoms with Crippen LogP contribution in [0.4, 0.5) is 0 Å². The van der Waals surface area contributed by atoms with Crippen LogP contribution in [-0.2, 0) is 14.3 Å². The third-order valence-corrected chi connectivity index (χ3v) is 4.45. The van der Waals surface area contributed by atoms with Crippen LogP contribution in [0.2, 0.25) is 0 Å². The number of nitrogens with one attached hydrogen (secondary N) is 1. The maximum atomic E-state index is 12.8. The highest BCUT2D eigenvalue weighted by atomic mass is 16.5. The molecule has 1 aliphatic heterocycles. The van der Waals surface area contributed by atoms with Gasteiger partial charge in [0.25, 0.3) is 5.91 Å². The molecule has 25 heavy (non-hydrogen) atoms. The second-order valence-corrected chi connectivity index (χ2v) is 6.10. The Labute approximate surface area is 146 Å². The fourth-order valence-electron chi connectivity index (χ4n) is 3.01. The number of benzene rings is 1. The number of rotatable bonds is 4. The predicted octanol–water partition coefficient (Wildman–Crippen LogP) is 1.86. The first kappa shape index (κ1) is 17.1. The van der Waals surface area contributed by atoms with Crippen molar-refractivity contribution in [2.45, 2.75) is 25.1 Å². The summed E-state index contributed by atoms with van der Waals surface area (Å²) >= 11 is 0. The maximum absolute atomic E-state index is 12.8. The van der Waals surface area contributed by atoms with E-state index in [0.717, 1.165) is 11.1 Å². The number of carbonyl (C=O) groups is 2. The number of hydrogen-bond donors (Lipinski definition) is 1. The first-order chi connectivity index (χ1) is 12.1. The summed E-state index contributed by atoms with van der Waals surface area (Å²) in [6.45, 7) is 1.81. The largest absolute Gasteiger partial charge is 0.356 e. The number of ether oxygens (including phenoxy) is 1. The van der Waals surface area contributed by atoms with E-state index in [1.807, 2.05) is 49.4 Å². The summed E-state index contributed by atoms with van der Waals surface area (Å²) < 4.78 is 5.61. The molecule has 0 radical (unpaired) electrons. The van der Waals surface area contributed by atoms with E-state index in [1.54, 1.807) is 24.3 Å². The van der Waals surface area contributed by atoms with Gasteiger partial charge in [0.15, 0.2) is 6.10 Å². The third kappa shape index (κ3) is 3.69. The van der Waals surface area contributed by atoms with Crippen LogP contribution in [0.25, 0.3) is 0 Å². The van der Waals surface area contributed by atoms with Crippen molar-refractivity contribution in [2.24, 2.45) is 0 Å². The summed E-state index contributed by atoms with van der Waals surface area (Å²) in [4.78, 5) is 30.4. The van der Waals surface area contributed by atoms with E-state index in [4.69, 9.17) is 4.74 Å². The van der Waals surface area contributed by atoms with Crippen LogP contribution in [0.15, 0.2) is 54.9 Å². The fourth-order valence-corrected chi connectivity index (χ4v) is 3.01. The molecule has 1 aromatic carbocycles. The van der Waals surface area contributed by atoms with Crippen molar-refractivity contribution in [3.05, 3.63) is 66.0 Å². The van der Waals surface area contributed by atoms with E-state index in [1.165, 1.54) is 0 Å². The quantitative estimate of drug-likeness (QED) is 0.923. The van der Waals surface area contributed by atoms with Gasteiger partial charge in [-0.05, 0) is 30.2 Å². The van der Waals surface area contributed by atoms with Gasteiger partial charge in [0.05, 0.1) is 12.1 Å². The average Bonchev–Trinajstić information content (AvgIpc) is 2.65. The topological polar surface area (TPSA) is 71.5 Å². The van der Waals surface area contributed by atoms with Gasteiger partial charge in [-0.1, -0.05) is 30.3 Å². The van der Waals surface area contributed by atoms with E-state index in [-0.39, 0.29) is 24.5 Å². The van der Waals surface area contributed by atoms with Gasteiger partial charge in [0.2, 0.25) is 5.91 Å². The fraction of sp³-hybridized carbons (Fsp3) is 0.316. The minimum atomic E-state index is -0.755. The summed E-state index contributed by atoms with van der Waals surface area (Å²) in [5.41, 5.74) is 1.83. The Hall–Kier alpha value is -2.73. The molecule has 0 spiro atoms. The van der Waals surface area contributed by atoms with Gasteiger partial charge in [-0.2, -0.15) is 0 Å². The molecule has 1 N–H and O–H groups in total. The molecule has 1 fully saturated rings. The minimum absolute atomic E-state index is 0.0957. The second kappa shape index (κ2) is 7.44. The molecule has 6 nitrogen and oxygen atoms in total. The number of aromatic nitrogens is 1. The first-order valence-corrected chi connectivity index (χ1v) is 8.20. The van der Waals surface area contributed by atoms with E-state index in [0.29, 0.717) is 0 Å². The molecule has 3 unspecified atom stereocenters. The molecule has 2 aromatic rings. The molecule has 2 amide bonds. The monoisotopic (exact) mass is 339 g/mol. The lowest BCUT2D eigenvalue weighted by molar-refractivity contribution is -0.162. The van der Waals surface area contributed by atoms with Crippen molar-refractivity contribution in [2.75, 3.05) is 13.7 Å². The van der Waals surface area contributed by atoms with Crippen LogP contribution < -0.4 is 5.32 Å². The summed E-state index contributed by atoms with van der Waals surface area (Å²) in [5, 5.41) is 2.97. The Morgan fingerprint density at radius 3 is 2.60 bits per heavy atom. The zero-order valence-electron chi connectivity index (χ0n) is 14.3. The smallest absolute Gasteiger partial charge is 0.252 e. The Balaban J connectivity index is 1.80. The molecule has 3 atom stereocenters. The molecule has 2 heterocycles. The van der Waals surface area contributed by atoms with Crippen molar-refractivity contribution in [3.8, 4) is 0 Å². The number of pyridine rings is 1. The van der Waals surface area contributed by atoms with E-state index in [2.05, 4.69) is 10.3 Å². The van der Waals surface area contributed by atoms with Gasteiger partial charge < -0.3 is 15.0 Å². The van der Waals surface area contributed by atoms with E-state index >= 15 is 0 Å². The molecule has 1 aliphatic rings. The zero-order chi connectivity index (χ0) is 17.8. The van der Waals surface area contributed by atoms with Crippen molar-refractivity contribution in [3.63, 3.8) is 0 Å². The third-order valence-electron chi connectivity index (χ3n) is 4.45. The molecule has 0 saturated carbocycles. The second-order valence-electron chi connectivity index (χ2n) is 6.10. The van der Waals surface area contributed by atoms with Crippen molar-refractivity contribution in [1.29, 1.82) is 0 Å². The van der Waals surface area contributed by atoms with Gasteiger partial charge in [0.1, 0.15) is 6.61 Å². The van der Waals surface area contributed by atoms with Gasteiger partial charge in [-0.3, -0.25) is 14.6 Å². The highest BCUT2D eigenvalue weighted by molar-refractivity contribution is 5.86. The Kier molecular flexibility index (Phi) is 5.09. The highest BCUT2D eigenvalue weighted by Crippen LogP contribution is 2.29. The first-order valence-electron chi connectivity index (χ1n) is 8.20. The molecular formula is C19H21N3O3. The van der Waals surface area contributed by atoms with Crippen LogP contribution in [0, 0.1) is 0 Å². The summed E-state index contributed by atoms with van der Waals surface area (Å²) in [5.74, 6) is -0.377. The Bertz CT molecular complexity index is 736. The highest BCUT2D eigenvalue weighted by Gasteiger charge is 2.40. The number of carbonyl (C=O) groups excluding carboxylic acids is 2. The predicted molar refractivity (Wildman–Crippen MR) is 92.5 cm³/mol. The standard InChI is InChI=1S/C19H21N3O3/c1-13(14-8-10-20-11-9-14)21-19(24)18-17(15-6-4-3-5-7-15)22(2)16(23)12-25-18/h3-11,13,17-18H,12H2,1-2H3,(H,21,24). The summed E-state index contributed by atoms with van der Waals surface area (Å²) in [6, 6.07) is 12.5. The number of likely N-dealkylation sites (N-methyl/N-ethyl adjacent to an activating group) is 1. The van der Waals surface area contributed by atoms with Gasteiger partial charge >= 0.3 is 0 Å². The Morgan fingerprint density at radius 2 is 1.92 bits per heavy atom. The summed E-state index contributed by atoms with van der Waals surface area (Å²) in [6.07, 6.45) is 2.62. The van der Waals surface area contributed by atoms with E-state index in [9.17, 15) is 9.59 Å². The molecule has 130 valence electrons. The molecule has 1 aromatic heterocycles. The normalized spacial score (nSPS) is 21.7. The lowest BCUT2D eigenvalue weighted by Gasteiger charge is -2.38. The summed E-state index contributed by atoms with van der Waals surface area (Å²) in [7, 11) is 1.70. The van der Waals surface area contributed by atoms with Crippen LogP contribution >= 0.6 is 0 Å². The van der Waals surface area contributed by atoms with Crippen LogP contribution in [0.5, 0.6) is 0 Å². The van der Waals surface area contributed by atoms with Gasteiger partial charge in [-0.25, -0.2) is 0 Å². The number of amides is 2. The molecule has 0 bridgehead atoms. The maximum Gasteiger partial charge on any atom is 0.252 e. The lowest BCUT2D eigenvalue weighted by Crippen LogP contribution is -2.53. The van der Waals surface area contributed by atoms with Crippen LogP contribution in [0.1, 0.15) is 30.1 Å². The van der Waals surface area contributed by atoms with Crippen LogP contribution in [0.3, 0.4) is 0 Å². The Morgan fingerprint density at radius 1 is 1.24 bits per heavy atom. The molecule has 0 aliphatic carbocycles. The number of hydrogen-bond acceptors (Lipinski definition) is 4. The van der Waals surface area contributed by atoms with E-state index < -0.39 is 12.1 Å². The molecule has 1 saturated heterocycles. The minimum Gasteiger partial charge on any atom is -0.356 e. The number of morpholine rings is 1.